The molecule has 0 aliphatic carbocycles. The number of nitrogens with two attached hydrogens (primary N) is 1. The van der Waals surface area contributed by atoms with Gasteiger partial charge >= 0.3 is 6.09 Å². The van der Waals surface area contributed by atoms with Crippen molar-refractivity contribution in [1.29, 1.82) is 5.26 Å². The zero-order valence-corrected chi connectivity index (χ0v) is 9.35. The lowest BCUT2D eigenvalue weighted by Crippen LogP contribution is -2.49. The van der Waals surface area contributed by atoms with Gasteiger partial charge in [0.1, 0.15) is 5.82 Å². The molecule has 1 heterocycles. The van der Waals surface area contributed by atoms with Crippen molar-refractivity contribution < 1.29 is 9.53 Å². The normalized spacial score (nSPS) is 16.9. The Labute approximate surface area is 94.9 Å². The molecule has 1 aliphatic heterocycles. The monoisotopic (exact) mass is 224 g/mol. The van der Waals surface area contributed by atoms with Crippen LogP contribution in [0.2, 0.25) is 0 Å². The number of carbonyl (C=O) groups is 1. The molecule has 6 nitrogen and oxygen atoms in total. The molecule has 88 valence electrons. The second-order valence-electron chi connectivity index (χ2n) is 3.37. The number of rotatable bonds is 2. The Balaban J connectivity index is 2.43. The Kier molecular flexibility index (Phi) is 4.45. The zero-order valence-electron chi connectivity index (χ0n) is 9.35. The van der Waals surface area contributed by atoms with Crippen molar-refractivity contribution in [2.45, 2.75) is 6.92 Å². The van der Waals surface area contributed by atoms with Crippen molar-refractivity contribution in [3.05, 3.63) is 11.9 Å². The maximum absolute atomic E-state index is 11.4. The fraction of sp³-hybridized carbons (Fsp3) is 0.600. The van der Waals surface area contributed by atoms with Crippen molar-refractivity contribution >= 4 is 6.09 Å². The van der Waals surface area contributed by atoms with Crippen molar-refractivity contribution in [1.82, 2.24) is 9.80 Å². The second-order valence-corrected chi connectivity index (χ2v) is 3.37. The predicted molar refractivity (Wildman–Crippen MR) is 58.1 cm³/mol. The molecule has 0 unspecified atom stereocenters. The minimum absolute atomic E-state index is 0.287. The quantitative estimate of drug-likeness (QED) is 0.672. The zero-order chi connectivity index (χ0) is 12.0. The number of piperazine rings is 1. The summed E-state index contributed by atoms with van der Waals surface area (Å²) >= 11 is 0. The summed E-state index contributed by atoms with van der Waals surface area (Å²) in [6.07, 6.45) is 1.02. The summed E-state index contributed by atoms with van der Waals surface area (Å²) < 4.78 is 4.89. The summed E-state index contributed by atoms with van der Waals surface area (Å²) in [5.41, 5.74) is 5.67. The number of nitriles is 1. The average Bonchev–Trinajstić information content (AvgIpc) is 2.30. The summed E-state index contributed by atoms with van der Waals surface area (Å²) in [7, 11) is 0. The topological polar surface area (TPSA) is 82.6 Å². The van der Waals surface area contributed by atoms with Crippen LogP contribution in [0.3, 0.4) is 0 Å². The lowest BCUT2D eigenvalue weighted by molar-refractivity contribution is 0.0866. The number of hydrogen-bond acceptors (Lipinski definition) is 5. The molecule has 16 heavy (non-hydrogen) atoms. The van der Waals surface area contributed by atoms with E-state index in [2.05, 4.69) is 0 Å². The van der Waals surface area contributed by atoms with Crippen LogP contribution in [0.4, 0.5) is 4.79 Å². The van der Waals surface area contributed by atoms with Crippen LogP contribution >= 0.6 is 0 Å². The van der Waals surface area contributed by atoms with Gasteiger partial charge in [0.2, 0.25) is 0 Å². The first-order valence-electron chi connectivity index (χ1n) is 5.21. The molecule has 0 atom stereocenters. The molecule has 0 saturated carbocycles. The third kappa shape index (κ3) is 3.05. The fourth-order valence-corrected chi connectivity index (χ4v) is 1.52. The van der Waals surface area contributed by atoms with E-state index in [9.17, 15) is 4.79 Å². The van der Waals surface area contributed by atoms with Crippen LogP contribution in [0.15, 0.2) is 11.9 Å². The van der Waals surface area contributed by atoms with Gasteiger partial charge in [-0.25, -0.2) is 4.79 Å². The van der Waals surface area contributed by atoms with Gasteiger partial charge in [0.15, 0.2) is 0 Å². The Hall–Kier alpha value is -1.90. The molecule has 1 fully saturated rings. The summed E-state index contributed by atoms with van der Waals surface area (Å²) in [5, 5.41) is 8.46. The van der Waals surface area contributed by atoms with E-state index in [1.54, 1.807) is 11.8 Å². The molecule has 0 bridgehead atoms. The molecular formula is C10H16N4O2. The average molecular weight is 224 g/mol. The molecule has 1 saturated heterocycles. The van der Waals surface area contributed by atoms with Crippen LogP contribution in [0, 0.1) is 11.3 Å². The molecule has 1 amide bonds. The van der Waals surface area contributed by atoms with Crippen LogP contribution in [-0.4, -0.2) is 48.7 Å². The van der Waals surface area contributed by atoms with Gasteiger partial charge in [-0.2, -0.15) is 5.26 Å². The summed E-state index contributed by atoms with van der Waals surface area (Å²) in [4.78, 5) is 14.9. The number of allylic oxidation sites excluding steroid dienone is 1. The molecule has 0 aromatic carbocycles. The van der Waals surface area contributed by atoms with Crippen molar-refractivity contribution in [2.24, 2.45) is 5.73 Å². The van der Waals surface area contributed by atoms with Crippen molar-refractivity contribution in [3.8, 4) is 6.07 Å². The van der Waals surface area contributed by atoms with E-state index in [4.69, 9.17) is 15.7 Å². The van der Waals surface area contributed by atoms with Crippen molar-refractivity contribution in [2.75, 3.05) is 32.8 Å². The van der Waals surface area contributed by atoms with Gasteiger partial charge in [-0.3, -0.25) is 0 Å². The standard InChI is InChI=1S/C10H16N4O2/c1-2-16-10(15)14-7-5-13(6-8-14)9(12)3-4-11/h3H,2,5-8,12H2,1H3/b9-3-. The highest BCUT2D eigenvalue weighted by molar-refractivity contribution is 5.67. The SMILES string of the molecule is CCOC(=O)N1CCN(/C(N)=C\C#N)CC1. The molecule has 6 heteroatoms. The summed E-state index contributed by atoms with van der Waals surface area (Å²) in [6.45, 7) is 4.56. The first kappa shape index (κ1) is 12.2. The van der Waals surface area contributed by atoms with E-state index in [0.29, 0.717) is 38.6 Å². The van der Waals surface area contributed by atoms with Crippen LogP contribution < -0.4 is 5.73 Å². The van der Waals surface area contributed by atoms with Gasteiger partial charge in [-0.1, -0.05) is 0 Å². The predicted octanol–water partition coefficient (Wildman–Crippen LogP) is 0.0842. The Morgan fingerprint density at radius 3 is 2.50 bits per heavy atom. The molecule has 1 rings (SSSR count). The largest absolute Gasteiger partial charge is 0.450 e. The fourth-order valence-electron chi connectivity index (χ4n) is 1.52. The van der Waals surface area contributed by atoms with Gasteiger partial charge in [0, 0.05) is 26.2 Å². The molecule has 0 radical (unpaired) electrons. The van der Waals surface area contributed by atoms with Gasteiger partial charge in [0.05, 0.1) is 18.8 Å². The number of hydrogen-bond donors (Lipinski definition) is 1. The molecule has 0 spiro atoms. The minimum Gasteiger partial charge on any atom is -0.450 e. The highest BCUT2D eigenvalue weighted by atomic mass is 16.6. The van der Waals surface area contributed by atoms with E-state index >= 15 is 0 Å². The van der Waals surface area contributed by atoms with E-state index in [0.717, 1.165) is 0 Å². The third-order valence-corrected chi connectivity index (χ3v) is 2.38. The number of amides is 1. The number of carbonyl (C=O) groups excluding carboxylic acids is 1. The number of ether oxygens (including phenoxy) is 1. The highest BCUT2D eigenvalue weighted by Crippen LogP contribution is 2.06. The maximum Gasteiger partial charge on any atom is 0.409 e. The lowest BCUT2D eigenvalue weighted by Gasteiger charge is -2.35. The number of nitrogens with zero attached hydrogens (tertiary/aromatic N) is 3. The van der Waals surface area contributed by atoms with Crippen LogP contribution in [0.1, 0.15) is 6.92 Å². The van der Waals surface area contributed by atoms with E-state index in [1.165, 1.54) is 6.08 Å². The maximum atomic E-state index is 11.4. The highest BCUT2D eigenvalue weighted by Gasteiger charge is 2.21. The molecule has 0 aromatic heterocycles. The van der Waals surface area contributed by atoms with E-state index in [-0.39, 0.29) is 6.09 Å². The van der Waals surface area contributed by atoms with E-state index < -0.39 is 0 Å². The van der Waals surface area contributed by atoms with Gasteiger partial charge in [-0.15, -0.1) is 0 Å². The van der Waals surface area contributed by atoms with Gasteiger partial charge in [0.25, 0.3) is 0 Å². The molecular weight excluding hydrogens is 208 g/mol. The smallest absolute Gasteiger partial charge is 0.409 e. The van der Waals surface area contributed by atoms with Gasteiger partial charge < -0.3 is 20.3 Å². The first-order chi connectivity index (χ1) is 7.69. The van der Waals surface area contributed by atoms with Crippen LogP contribution in [0.25, 0.3) is 0 Å². The Morgan fingerprint density at radius 1 is 1.44 bits per heavy atom. The lowest BCUT2D eigenvalue weighted by atomic mass is 10.3. The summed E-state index contributed by atoms with van der Waals surface area (Å²) in [5.74, 6) is 0.450. The van der Waals surface area contributed by atoms with Crippen molar-refractivity contribution in [3.63, 3.8) is 0 Å². The Bertz CT molecular complexity index is 313. The minimum atomic E-state index is -0.287. The molecule has 2 N–H and O–H groups in total. The third-order valence-electron chi connectivity index (χ3n) is 2.38. The van der Waals surface area contributed by atoms with Crippen LogP contribution in [0.5, 0.6) is 0 Å². The first-order valence-corrected chi connectivity index (χ1v) is 5.21. The molecule has 0 aromatic rings. The summed E-state index contributed by atoms with van der Waals surface area (Å²) in [6, 6.07) is 1.89. The Morgan fingerprint density at radius 2 is 2.00 bits per heavy atom. The van der Waals surface area contributed by atoms with Gasteiger partial charge in [-0.05, 0) is 6.92 Å². The molecule has 1 aliphatic rings. The van der Waals surface area contributed by atoms with Crippen LogP contribution in [-0.2, 0) is 4.74 Å². The second kappa shape index (κ2) is 5.85. The van der Waals surface area contributed by atoms with E-state index in [1.807, 2.05) is 11.0 Å².